The zero-order valence-corrected chi connectivity index (χ0v) is 18.2. The number of benzene rings is 3. The molecule has 0 aliphatic carbocycles. The largest absolute Gasteiger partial charge is 0.495 e. The van der Waals surface area contributed by atoms with Gasteiger partial charge in [-0.2, -0.15) is 0 Å². The summed E-state index contributed by atoms with van der Waals surface area (Å²) in [5.41, 5.74) is 2.21. The van der Waals surface area contributed by atoms with E-state index in [-0.39, 0.29) is 19.1 Å². The third kappa shape index (κ3) is 4.76. The summed E-state index contributed by atoms with van der Waals surface area (Å²) in [5, 5.41) is 3.82. The number of fused-ring (bicyclic) bond motifs is 1. The second kappa shape index (κ2) is 9.29. The Kier molecular flexibility index (Phi) is 6.30. The highest BCUT2D eigenvalue weighted by Gasteiger charge is 2.16. The Bertz CT molecular complexity index is 1240. The van der Waals surface area contributed by atoms with Gasteiger partial charge in [-0.05, 0) is 42.5 Å². The molecule has 158 valence electrons. The average molecular weight is 456 g/mol. The summed E-state index contributed by atoms with van der Waals surface area (Å²) in [6.45, 7) is 0.198. The van der Waals surface area contributed by atoms with Crippen LogP contribution in [0.2, 0.25) is 10.0 Å². The predicted octanol–water partition coefficient (Wildman–Crippen LogP) is 5.57. The molecular formula is C23H19Cl2N3O3. The molecule has 1 N–H and O–H groups in total. The zero-order chi connectivity index (χ0) is 21.8. The van der Waals surface area contributed by atoms with E-state index in [1.165, 1.54) is 0 Å². The lowest BCUT2D eigenvalue weighted by molar-refractivity contribution is -0.116. The predicted molar refractivity (Wildman–Crippen MR) is 122 cm³/mol. The lowest BCUT2D eigenvalue weighted by Crippen LogP contribution is -2.21. The van der Waals surface area contributed by atoms with Crippen molar-refractivity contribution in [2.24, 2.45) is 0 Å². The number of carbonyl (C=O) groups excluding carboxylic acids is 1. The first-order chi connectivity index (χ1) is 15.0. The molecule has 1 aromatic heterocycles. The molecule has 6 nitrogen and oxygen atoms in total. The van der Waals surface area contributed by atoms with Gasteiger partial charge in [-0.15, -0.1) is 0 Å². The molecule has 3 aromatic carbocycles. The minimum atomic E-state index is -0.210. The minimum absolute atomic E-state index is 0.0611. The van der Waals surface area contributed by atoms with Crippen molar-refractivity contribution in [1.82, 2.24) is 9.55 Å². The topological polar surface area (TPSA) is 65.4 Å². The number of anilines is 1. The number of ether oxygens (including phenoxy) is 2. The Balaban J connectivity index is 1.58. The molecule has 0 fully saturated rings. The molecule has 0 unspecified atom stereocenters. The first-order valence-electron chi connectivity index (χ1n) is 9.50. The van der Waals surface area contributed by atoms with Crippen LogP contribution in [0.3, 0.4) is 0 Å². The maximum absolute atomic E-state index is 12.8. The maximum Gasteiger partial charge on any atom is 0.244 e. The van der Waals surface area contributed by atoms with Crippen molar-refractivity contribution in [3.8, 4) is 11.5 Å². The van der Waals surface area contributed by atoms with Gasteiger partial charge in [0.05, 0.1) is 28.9 Å². The van der Waals surface area contributed by atoms with E-state index in [0.29, 0.717) is 33.1 Å². The molecule has 1 amide bonds. The van der Waals surface area contributed by atoms with Crippen LogP contribution in [0.5, 0.6) is 11.5 Å². The molecule has 4 rings (SSSR count). The van der Waals surface area contributed by atoms with E-state index in [4.69, 9.17) is 32.7 Å². The quantitative estimate of drug-likeness (QED) is 0.395. The van der Waals surface area contributed by atoms with Crippen molar-refractivity contribution in [3.05, 3.63) is 82.6 Å². The number of nitrogens with one attached hydrogen (secondary N) is 1. The number of amides is 1. The third-order valence-corrected chi connectivity index (χ3v) is 5.20. The van der Waals surface area contributed by atoms with Gasteiger partial charge in [0.1, 0.15) is 30.5 Å². The summed E-state index contributed by atoms with van der Waals surface area (Å²) in [6.07, 6.45) is 0. The van der Waals surface area contributed by atoms with Crippen LogP contribution in [0.1, 0.15) is 5.82 Å². The van der Waals surface area contributed by atoms with Gasteiger partial charge >= 0.3 is 0 Å². The fourth-order valence-electron chi connectivity index (χ4n) is 3.23. The number of rotatable bonds is 7. The average Bonchev–Trinajstić information content (AvgIpc) is 3.11. The second-order valence-electron chi connectivity index (χ2n) is 6.71. The molecule has 0 aliphatic rings. The summed E-state index contributed by atoms with van der Waals surface area (Å²) in [7, 11) is 1.56. The fourth-order valence-corrected chi connectivity index (χ4v) is 3.69. The number of halogens is 2. The molecule has 0 saturated carbocycles. The Labute approximate surface area is 189 Å². The van der Waals surface area contributed by atoms with E-state index in [0.717, 1.165) is 11.0 Å². The second-order valence-corrected chi connectivity index (χ2v) is 7.56. The van der Waals surface area contributed by atoms with Gasteiger partial charge in [0.2, 0.25) is 5.91 Å². The third-order valence-electron chi connectivity index (χ3n) is 4.67. The molecule has 0 saturated heterocycles. The first-order valence-corrected chi connectivity index (χ1v) is 10.3. The smallest absolute Gasteiger partial charge is 0.244 e. The highest BCUT2D eigenvalue weighted by molar-refractivity contribution is 6.35. The Morgan fingerprint density at radius 1 is 1.03 bits per heavy atom. The fraction of sp³-hybridized carbons (Fsp3) is 0.130. The number of hydrogen-bond acceptors (Lipinski definition) is 4. The zero-order valence-electron chi connectivity index (χ0n) is 16.6. The van der Waals surface area contributed by atoms with E-state index >= 15 is 0 Å². The maximum atomic E-state index is 12.8. The number of carbonyl (C=O) groups is 1. The van der Waals surface area contributed by atoms with Gasteiger partial charge in [-0.1, -0.05) is 47.5 Å². The molecule has 0 radical (unpaired) electrons. The Morgan fingerprint density at radius 2 is 1.81 bits per heavy atom. The van der Waals surface area contributed by atoms with Crippen molar-refractivity contribution in [1.29, 1.82) is 0 Å². The molecule has 8 heteroatoms. The van der Waals surface area contributed by atoms with E-state index in [1.54, 1.807) is 37.4 Å². The standard InChI is InChI=1S/C23H19Cl2N3O3/c1-30-21-9-5-3-7-18(21)27-23(29)13-28-19-8-4-2-6-17(19)26-22(28)14-31-20-11-10-15(24)12-16(20)25/h2-12H,13-14H2,1H3,(H,27,29). The van der Waals surface area contributed by atoms with E-state index < -0.39 is 0 Å². The summed E-state index contributed by atoms with van der Waals surface area (Å²) < 4.78 is 13.0. The van der Waals surface area contributed by atoms with Crippen LogP contribution in [0.4, 0.5) is 5.69 Å². The monoisotopic (exact) mass is 455 g/mol. The number of aromatic nitrogens is 2. The van der Waals surface area contributed by atoms with E-state index in [1.807, 2.05) is 41.0 Å². The van der Waals surface area contributed by atoms with Crippen molar-refractivity contribution in [2.75, 3.05) is 12.4 Å². The molecule has 0 atom stereocenters. The van der Waals surface area contributed by atoms with Gasteiger partial charge < -0.3 is 19.4 Å². The normalized spacial score (nSPS) is 10.8. The van der Waals surface area contributed by atoms with Crippen LogP contribution in [0, 0.1) is 0 Å². The summed E-state index contributed by atoms with van der Waals surface area (Å²) in [4.78, 5) is 17.5. The van der Waals surface area contributed by atoms with Crippen LogP contribution in [-0.2, 0) is 17.9 Å². The summed E-state index contributed by atoms with van der Waals surface area (Å²) in [6, 6.07) is 19.9. The van der Waals surface area contributed by atoms with Gasteiger partial charge in [0.15, 0.2) is 0 Å². The first kappa shape index (κ1) is 21.0. The number of imidazole rings is 1. The molecule has 1 heterocycles. The van der Waals surface area contributed by atoms with Crippen molar-refractivity contribution in [2.45, 2.75) is 13.2 Å². The van der Waals surface area contributed by atoms with Crippen LogP contribution < -0.4 is 14.8 Å². The van der Waals surface area contributed by atoms with Gasteiger partial charge in [0.25, 0.3) is 0 Å². The number of hydrogen-bond donors (Lipinski definition) is 1. The lowest BCUT2D eigenvalue weighted by atomic mass is 10.3. The SMILES string of the molecule is COc1ccccc1NC(=O)Cn1c(COc2ccc(Cl)cc2Cl)nc2ccccc21. The highest BCUT2D eigenvalue weighted by atomic mass is 35.5. The molecule has 31 heavy (non-hydrogen) atoms. The van der Waals surface area contributed by atoms with Gasteiger partial charge in [-0.3, -0.25) is 4.79 Å². The van der Waals surface area contributed by atoms with Crippen LogP contribution in [-0.4, -0.2) is 22.6 Å². The molecule has 4 aromatic rings. The Hall–Kier alpha value is -3.22. The van der Waals surface area contributed by atoms with Crippen LogP contribution >= 0.6 is 23.2 Å². The van der Waals surface area contributed by atoms with Crippen molar-refractivity contribution < 1.29 is 14.3 Å². The molecule has 0 spiro atoms. The van der Waals surface area contributed by atoms with Gasteiger partial charge in [-0.25, -0.2) is 4.98 Å². The van der Waals surface area contributed by atoms with Gasteiger partial charge in [0, 0.05) is 5.02 Å². The van der Waals surface area contributed by atoms with Crippen LogP contribution in [0.15, 0.2) is 66.7 Å². The number of nitrogens with zero attached hydrogens (tertiary/aromatic N) is 2. The van der Waals surface area contributed by atoms with Crippen LogP contribution in [0.25, 0.3) is 11.0 Å². The van der Waals surface area contributed by atoms with Crippen molar-refractivity contribution >= 4 is 45.8 Å². The molecule has 0 aliphatic heterocycles. The Morgan fingerprint density at radius 3 is 2.61 bits per heavy atom. The molecular weight excluding hydrogens is 437 g/mol. The van der Waals surface area contributed by atoms with E-state index in [2.05, 4.69) is 10.3 Å². The number of para-hydroxylation sites is 4. The van der Waals surface area contributed by atoms with Crippen molar-refractivity contribution in [3.63, 3.8) is 0 Å². The number of methoxy groups -OCH3 is 1. The summed E-state index contributed by atoms with van der Waals surface area (Å²) >= 11 is 12.2. The van der Waals surface area contributed by atoms with E-state index in [9.17, 15) is 4.79 Å². The highest BCUT2D eigenvalue weighted by Crippen LogP contribution is 2.29. The lowest BCUT2D eigenvalue weighted by Gasteiger charge is -2.13. The minimum Gasteiger partial charge on any atom is -0.495 e. The molecule has 0 bridgehead atoms. The summed E-state index contributed by atoms with van der Waals surface area (Å²) in [5.74, 6) is 1.47.